The molecule has 0 radical (unpaired) electrons. The van der Waals surface area contributed by atoms with Crippen molar-refractivity contribution >= 4 is 29.0 Å². The predicted octanol–water partition coefficient (Wildman–Crippen LogP) is 4.38. The Hall–Kier alpha value is -1.26. The fourth-order valence-electron chi connectivity index (χ4n) is 2.66. The summed E-state index contributed by atoms with van der Waals surface area (Å²) in [6, 6.07) is 12.2. The van der Waals surface area contributed by atoms with Crippen LogP contribution in [0.4, 0.5) is 0 Å². The average molecular weight is 317 g/mol. The van der Waals surface area contributed by atoms with Crippen LogP contribution in [0.15, 0.2) is 41.8 Å². The molecule has 2 heterocycles. The third-order valence-electron chi connectivity index (χ3n) is 3.86. The van der Waals surface area contributed by atoms with E-state index in [4.69, 9.17) is 0 Å². The number of rotatable bonds is 2. The molecule has 1 amide bonds. The summed E-state index contributed by atoms with van der Waals surface area (Å²) >= 11 is 3.80. The van der Waals surface area contributed by atoms with E-state index in [1.54, 1.807) is 0 Å². The summed E-state index contributed by atoms with van der Waals surface area (Å²) in [5, 5.41) is 2.68. The molecule has 1 aromatic carbocycles. The zero-order valence-corrected chi connectivity index (χ0v) is 13.8. The van der Waals surface area contributed by atoms with Crippen LogP contribution in [0.3, 0.4) is 0 Å². The van der Waals surface area contributed by atoms with Crippen LogP contribution in [0.25, 0.3) is 0 Å². The number of carbonyl (C=O) groups excluding carboxylic acids is 1. The van der Waals surface area contributed by atoms with Crippen LogP contribution in [0, 0.1) is 6.92 Å². The topological polar surface area (TPSA) is 20.3 Å². The molecule has 3 rings (SSSR count). The maximum absolute atomic E-state index is 12.7. The molecule has 1 fully saturated rings. The van der Waals surface area contributed by atoms with Gasteiger partial charge < -0.3 is 4.90 Å². The van der Waals surface area contributed by atoms with E-state index in [0.717, 1.165) is 36.4 Å². The van der Waals surface area contributed by atoms with Crippen LogP contribution in [-0.4, -0.2) is 29.6 Å². The first-order chi connectivity index (χ1) is 10.3. The van der Waals surface area contributed by atoms with Gasteiger partial charge in [0.2, 0.25) is 0 Å². The Morgan fingerprint density at radius 1 is 1.19 bits per heavy atom. The second-order valence-corrected chi connectivity index (χ2v) is 7.56. The van der Waals surface area contributed by atoms with E-state index in [9.17, 15) is 4.79 Å². The van der Waals surface area contributed by atoms with E-state index >= 15 is 0 Å². The third-order valence-corrected chi connectivity index (χ3v) is 6.31. The van der Waals surface area contributed by atoms with E-state index in [0.29, 0.717) is 5.25 Å². The predicted molar refractivity (Wildman–Crippen MR) is 91.2 cm³/mol. The Morgan fingerprint density at radius 3 is 2.81 bits per heavy atom. The summed E-state index contributed by atoms with van der Waals surface area (Å²) in [6.45, 7) is 3.71. The fourth-order valence-corrected chi connectivity index (χ4v) is 4.90. The van der Waals surface area contributed by atoms with Gasteiger partial charge in [-0.3, -0.25) is 4.79 Å². The Morgan fingerprint density at radius 2 is 2.05 bits per heavy atom. The summed E-state index contributed by atoms with van der Waals surface area (Å²) in [7, 11) is 0. The quantitative estimate of drug-likeness (QED) is 0.819. The summed E-state index contributed by atoms with van der Waals surface area (Å²) < 4.78 is 0. The first-order valence-corrected chi connectivity index (χ1v) is 9.18. The largest absolute Gasteiger partial charge is 0.338 e. The minimum absolute atomic E-state index is 0.181. The molecule has 4 heteroatoms. The van der Waals surface area contributed by atoms with Gasteiger partial charge in [0.1, 0.15) is 0 Å². The van der Waals surface area contributed by atoms with Crippen molar-refractivity contribution < 1.29 is 4.79 Å². The molecule has 1 aliphatic rings. The minimum Gasteiger partial charge on any atom is -0.338 e. The van der Waals surface area contributed by atoms with Gasteiger partial charge in [-0.2, -0.15) is 11.8 Å². The number of thiophene rings is 1. The Balaban J connectivity index is 1.70. The molecular weight excluding hydrogens is 298 g/mol. The van der Waals surface area contributed by atoms with Gasteiger partial charge >= 0.3 is 0 Å². The summed E-state index contributed by atoms with van der Waals surface area (Å²) in [4.78, 5) is 16.1. The maximum atomic E-state index is 12.7. The fraction of sp³-hybridized carbons (Fsp3) is 0.353. The molecule has 1 aromatic heterocycles. The number of thioether (sulfide) groups is 1. The van der Waals surface area contributed by atoms with E-state index in [1.807, 2.05) is 59.2 Å². The first kappa shape index (κ1) is 14.7. The number of hydrogen-bond donors (Lipinski definition) is 0. The average Bonchev–Trinajstić information content (AvgIpc) is 2.92. The standard InChI is InChI=1S/C17H19NOS2/c1-13-5-2-3-6-14(13)17(19)18-9-8-16(21-12-10-18)15-7-4-11-20-15/h2-7,11,16H,8-10,12H2,1H3/t16-/m1/s1. The molecule has 0 N–H and O–H groups in total. The van der Waals surface area contributed by atoms with Crippen molar-refractivity contribution in [1.29, 1.82) is 0 Å². The lowest BCUT2D eigenvalue weighted by Crippen LogP contribution is -2.33. The van der Waals surface area contributed by atoms with Gasteiger partial charge in [0.05, 0.1) is 0 Å². The molecule has 21 heavy (non-hydrogen) atoms. The number of carbonyl (C=O) groups is 1. The normalized spacial score (nSPS) is 19.3. The molecule has 1 atom stereocenters. The second-order valence-electron chi connectivity index (χ2n) is 5.27. The lowest BCUT2D eigenvalue weighted by molar-refractivity contribution is 0.0766. The van der Waals surface area contributed by atoms with Crippen molar-refractivity contribution in [2.24, 2.45) is 0 Å². The van der Waals surface area contributed by atoms with Gasteiger partial charge in [0.15, 0.2) is 0 Å². The van der Waals surface area contributed by atoms with Crippen LogP contribution in [0.5, 0.6) is 0 Å². The van der Waals surface area contributed by atoms with Crippen molar-refractivity contribution in [3.05, 3.63) is 57.8 Å². The molecule has 2 aromatic rings. The Kier molecular flexibility index (Phi) is 4.66. The molecule has 0 aliphatic carbocycles. The van der Waals surface area contributed by atoms with Crippen molar-refractivity contribution in [2.75, 3.05) is 18.8 Å². The number of nitrogens with zero attached hydrogens (tertiary/aromatic N) is 1. The Labute approximate surface area is 134 Å². The number of amides is 1. The molecule has 0 bridgehead atoms. The number of benzene rings is 1. The molecule has 0 unspecified atom stereocenters. The smallest absolute Gasteiger partial charge is 0.254 e. The lowest BCUT2D eigenvalue weighted by atomic mass is 10.1. The van der Waals surface area contributed by atoms with Gasteiger partial charge in [-0.1, -0.05) is 24.3 Å². The minimum atomic E-state index is 0.181. The van der Waals surface area contributed by atoms with Crippen molar-refractivity contribution in [2.45, 2.75) is 18.6 Å². The highest BCUT2D eigenvalue weighted by atomic mass is 32.2. The van der Waals surface area contributed by atoms with E-state index in [2.05, 4.69) is 17.5 Å². The van der Waals surface area contributed by atoms with Gasteiger partial charge in [0.25, 0.3) is 5.91 Å². The zero-order valence-electron chi connectivity index (χ0n) is 12.1. The summed E-state index contributed by atoms with van der Waals surface area (Å²) in [6.07, 6.45) is 1.04. The molecule has 1 saturated heterocycles. The van der Waals surface area contributed by atoms with Crippen LogP contribution in [0.1, 0.15) is 32.5 Å². The zero-order chi connectivity index (χ0) is 14.7. The van der Waals surface area contributed by atoms with Gasteiger partial charge in [-0.25, -0.2) is 0 Å². The molecule has 0 spiro atoms. The maximum Gasteiger partial charge on any atom is 0.254 e. The van der Waals surface area contributed by atoms with E-state index in [1.165, 1.54) is 4.88 Å². The molecule has 2 nitrogen and oxygen atoms in total. The van der Waals surface area contributed by atoms with Gasteiger partial charge in [-0.05, 0) is 36.4 Å². The molecule has 1 aliphatic heterocycles. The number of aryl methyl sites for hydroxylation is 1. The van der Waals surface area contributed by atoms with Crippen molar-refractivity contribution in [1.82, 2.24) is 4.90 Å². The van der Waals surface area contributed by atoms with E-state index in [-0.39, 0.29) is 5.91 Å². The van der Waals surface area contributed by atoms with Crippen molar-refractivity contribution in [3.8, 4) is 0 Å². The second kappa shape index (κ2) is 6.67. The summed E-state index contributed by atoms with van der Waals surface area (Å²) in [5.41, 5.74) is 1.91. The molecular formula is C17H19NOS2. The SMILES string of the molecule is Cc1ccccc1C(=O)N1CCS[C@@H](c2cccs2)CC1. The van der Waals surface area contributed by atoms with Gasteiger partial charge in [0, 0.05) is 34.5 Å². The summed E-state index contributed by atoms with van der Waals surface area (Å²) in [5.74, 6) is 1.20. The van der Waals surface area contributed by atoms with Gasteiger partial charge in [-0.15, -0.1) is 11.3 Å². The van der Waals surface area contributed by atoms with Crippen LogP contribution in [0.2, 0.25) is 0 Å². The number of hydrogen-bond acceptors (Lipinski definition) is 3. The highest BCUT2D eigenvalue weighted by Gasteiger charge is 2.23. The molecule has 110 valence electrons. The van der Waals surface area contributed by atoms with E-state index < -0.39 is 0 Å². The van der Waals surface area contributed by atoms with Crippen LogP contribution < -0.4 is 0 Å². The third kappa shape index (κ3) is 3.33. The first-order valence-electron chi connectivity index (χ1n) is 7.25. The Bertz CT molecular complexity index is 609. The monoisotopic (exact) mass is 317 g/mol. The highest BCUT2D eigenvalue weighted by Crippen LogP contribution is 2.36. The van der Waals surface area contributed by atoms with Crippen molar-refractivity contribution in [3.63, 3.8) is 0 Å². The highest BCUT2D eigenvalue weighted by molar-refractivity contribution is 7.99. The lowest BCUT2D eigenvalue weighted by Gasteiger charge is -2.21. The molecule has 0 saturated carbocycles. The van der Waals surface area contributed by atoms with Crippen LogP contribution in [-0.2, 0) is 0 Å². The van der Waals surface area contributed by atoms with Crippen LogP contribution >= 0.6 is 23.1 Å².